The minimum Gasteiger partial charge on any atom is -0.491 e. The third kappa shape index (κ3) is 3.08. The van der Waals surface area contributed by atoms with E-state index in [4.69, 9.17) is 16.2 Å². The van der Waals surface area contributed by atoms with Crippen molar-refractivity contribution in [3.8, 4) is 5.75 Å². The summed E-state index contributed by atoms with van der Waals surface area (Å²) in [6.45, 7) is 2.46. The predicted molar refractivity (Wildman–Crippen MR) is 75.3 cm³/mol. The topological polar surface area (TPSA) is 98.6 Å². The molecule has 2 amide bonds. The maximum Gasteiger partial charge on any atom is 0.230 e. The van der Waals surface area contributed by atoms with E-state index in [2.05, 4.69) is 0 Å². The molecule has 1 aromatic carbocycles. The Morgan fingerprint density at radius 2 is 2.25 bits per heavy atom. The van der Waals surface area contributed by atoms with E-state index < -0.39 is 5.91 Å². The third-order valence-corrected chi connectivity index (χ3v) is 3.26. The zero-order valence-electron chi connectivity index (χ0n) is 11.5. The zero-order chi connectivity index (χ0) is 14.7. The van der Waals surface area contributed by atoms with E-state index in [1.807, 2.05) is 25.1 Å². The highest BCUT2D eigenvalue weighted by Gasteiger charge is 2.24. The number of benzene rings is 1. The second kappa shape index (κ2) is 5.92. The first kappa shape index (κ1) is 14.3. The van der Waals surface area contributed by atoms with Crippen molar-refractivity contribution in [1.29, 1.82) is 0 Å². The van der Waals surface area contributed by atoms with E-state index >= 15 is 0 Å². The summed E-state index contributed by atoms with van der Waals surface area (Å²) in [6.07, 6.45) is 0.397. The van der Waals surface area contributed by atoms with Gasteiger partial charge in [0.2, 0.25) is 11.8 Å². The molecule has 1 aromatic rings. The highest BCUT2D eigenvalue weighted by atomic mass is 16.5. The fraction of sp³-hybridized carbons (Fsp3) is 0.429. The lowest BCUT2D eigenvalue weighted by Crippen LogP contribution is -2.33. The number of hydrogen-bond acceptors (Lipinski definition) is 4. The molecular formula is C14H19N3O3. The summed E-state index contributed by atoms with van der Waals surface area (Å²) in [5.41, 5.74) is 12.6. The van der Waals surface area contributed by atoms with Gasteiger partial charge in [-0.05, 0) is 24.6 Å². The van der Waals surface area contributed by atoms with Gasteiger partial charge in [0.05, 0.1) is 18.7 Å². The van der Waals surface area contributed by atoms with Crippen molar-refractivity contribution in [1.82, 2.24) is 0 Å². The van der Waals surface area contributed by atoms with Gasteiger partial charge in [-0.25, -0.2) is 0 Å². The number of anilines is 1. The van der Waals surface area contributed by atoms with Crippen LogP contribution in [0.3, 0.4) is 0 Å². The second-order valence-electron chi connectivity index (χ2n) is 4.88. The molecule has 0 bridgehead atoms. The first-order valence-electron chi connectivity index (χ1n) is 6.60. The van der Waals surface area contributed by atoms with Crippen LogP contribution in [0.15, 0.2) is 18.2 Å². The molecule has 1 aliphatic heterocycles. The van der Waals surface area contributed by atoms with E-state index in [1.54, 1.807) is 4.90 Å². The average Bonchev–Trinajstić information content (AvgIpc) is 2.54. The van der Waals surface area contributed by atoms with Crippen molar-refractivity contribution < 1.29 is 14.3 Å². The van der Waals surface area contributed by atoms with E-state index in [1.165, 1.54) is 0 Å². The summed E-state index contributed by atoms with van der Waals surface area (Å²) in [5.74, 6) is 0.115. The van der Waals surface area contributed by atoms with E-state index in [0.717, 1.165) is 5.56 Å². The number of carbonyl (C=O) groups excluding carboxylic acids is 2. The first-order chi connectivity index (χ1) is 9.49. The fourth-order valence-corrected chi connectivity index (χ4v) is 2.14. The van der Waals surface area contributed by atoms with Crippen LogP contribution in [-0.2, 0) is 9.59 Å². The van der Waals surface area contributed by atoms with Crippen LogP contribution < -0.4 is 21.1 Å². The number of nitrogens with two attached hydrogens (primary N) is 2. The van der Waals surface area contributed by atoms with Crippen LogP contribution in [0.5, 0.6) is 5.75 Å². The lowest BCUT2D eigenvalue weighted by molar-refractivity contribution is -0.119. The number of nitrogens with zero attached hydrogens (tertiary/aromatic N) is 1. The third-order valence-electron chi connectivity index (χ3n) is 3.26. The smallest absolute Gasteiger partial charge is 0.230 e. The Kier molecular flexibility index (Phi) is 4.24. The molecule has 0 radical (unpaired) electrons. The summed E-state index contributed by atoms with van der Waals surface area (Å²) >= 11 is 0. The monoisotopic (exact) mass is 277 g/mol. The van der Waals surface area contributed by atoms with Crippen LogP contribution in [0.25, 0.3) is 0 Å². The van der Waals surface area contributed by atoms with Gasteiger partial charge in [0.25, 0.3) is 0 Å². The van der Waals surface area contributed by atoms with Gasteiger partial charge in [0.1, 0.15) is 5.75 Å². The molecule has 0 saturated heterocycles. The molecule has 6 heteroatoms. The first-order valence-corrected chi connectivity index (χ1v) is 6.60. The van der Waals surface area contributed by atoms with Gasteiger partial charge in [-0.2, -0.15) is 0 Å². The van der Waals surface area contributed by atoms with Crippen LogP contribution in [0.1, 0.15) is 31.4 Å². The number of amides is 2. The molecule has 1 unspecified atom stereocenters. The summed E-state index contributed by atoms with van der Waals surface area (Å²) in [6, 6.07) is 5.39. The molecule has 1 aliphatic rings. The van der Waals surface area contributed by atoms with Crippen LogP contribution in [0.4, 0.5) is 5.69 Å². The normalized spacial score (nSPS) is 16.1. The van der Waals surface area contributed by atoms with E-state index in [-0.39, 0.29) is 31.3 Å². The van der Waals surface area contributed by atoms with Gasteiger partial charge >= 0.3 is 0 Å². The molecule has 108 valence electrons. The maximum absolute atomic E-state index is 12.1. The Bertz CT molecular complexity index is 528. The fourth-order valence-electron chi connectivity index (χ4n) is 2.14. The molecule has 0 fully saturated rings. The number of hydrogen-bond donors (Lipinski definition) is 2. The van der Waals surface area contributed by atoms with Gasteiger partial charge in [-0.3, -0.25) is 9.59 Å². The largest absolute Gasteiger partial charge is 0.491 e. The average molecular weight is 277 g/mol. The Morgan fingerprint density at radius 3 is 2.90 bits per heavy atom. The molecule has 0 saturated carbocycles. The van der Waals surface area contributed by atoms with Crippen molar-refractivity contribution >= 4 is 17.5 Å². The molecule has 6 nitrogen and oxygen atoms in total. The zero-order valence-corrected chi connectivity index (χ0v) is 11.5. The SMILES string of the molecule is CC(N)c1ccc2c(c1)N(CCC(N)=O)C(=O)CCO2. The molecule has 2 rings (SSSR count). The molecule has 4 N–H and O–H groups in total. The van der Waals surface area contributed by atoms with Crippen LogP contribution in [0, 0.1) is 0 Å². The Morgan fingerprint density at radius 1 is 1.50 bits per heavy atom. The van der Waals surface area contributed by atoms with Crippen LogP contribution in [-0.4, -0.2) is 25.0 Å². The second-order valence-corrected chi connectivity index (χ2v) is 4.88. The Balaban J connectivity index is 2.37. The highest BCUT2D eigenvalue weighted by molar-refractivity contribution is 5.96. The predicted octanol–water partition coefficient (Wildman–Crippen LogP) is 0.697. The van der Waals surface area contributed by atoms with Crippen molar-refractivity contribution in [3.05, 3.63) is 23.8 Å². The standard InChI is InChI=1S/C14H19N3O3/c1-9(15)10-2-3-12-11(8-10)17(6-4-13(16)18)14(19)5-7-20-12/h2-3,8-9H,4-7,15H2,1H3,(H2,16,18). The number of ether oxygens (including phenoxy) is 1. The summed E-state index contributed by atoms with van der Waals surface area (Å²) < 4.78 is 5.57. The molecule has 0 aromatic heterocycles. The van der Waals surface area contributed by atoms with Gasteiger partial charge < -0.3 is 21.1 Å². The molecule has 1 atom stereocenters. The van der Waals surface area contributed by atoms with Gasteiger partial charge in [0, 0.05) is 19.0 Å². The number of rotatable bonds is 4. The Labute approximate surface area is 117 Å². The minimum absolute atomic E-state index is 0.0770. The van der Waals surface area contributed by atoms with E-state index in [9.17, 15) is 9.59 Å². The maximum atomic E-state index is 12.1. The van der Waals surface area contributed by atoms with E-state index in [0.29, 0.717) is 18.0 Å². The van der Waals surface area contributed by atoms with Crippen LogP contribution in [0.2, 0.25) is 0 Å². The van der Waals surface area contributed by atoms with Crippen molar-refractivity contribution in [3.63, 3.8) is 0 Å². The van der Waals surface area contributed by atoms with Gasteiger partial charge in [0.15, 0.2) is 0 Å². The summed E-state index contributed by atoms with van der Waals surface area (Å²) in [7, 11) is 0. The number of primary amides is 1. The summed E-state index contributed by atoms with van der Waals surface area (Å²) in [5, 5.41) is 0. The molecule has 0 aliphatic carbocycles. The molecule has 0 spiro atoms. The lowest BCUT2D eigenvalue weighted by Gasteiger charge is -2.22. The number of carbonyl (C=O) groups is 2. The van der Waals surface area contributed by atoms with Crippen LogP contribution >= 0.6 is 0 Å². The number of fused-ring (bicyclic) bond motifs is 1. The molecule has 20 heavy (non-hydrogen) atoms. The highest BCUT2D eigenvalue weighted by Crippen LogP contribution is 2.33. The van der Waals surface area contributed by atoms with Crippen molar-refractivity contribution in [2.45, 2.75) is 25.8 Å². The van der Waals surface area contributed by atoms with Crippen molar-refractivity contribution in [2.75, 3.05) is 18.1 Å². The van der Waals surface area contributed by atoms with Gasteiger partial charge in [-0.1, -0.05) is 6.07 Å². The van der Waals surface area contributed by atoms with Gasteiger partial charge in [-0.15, -0.1) is 0 Å². The summed E-state index contributed by atoms with van der Waals surface area (Å²) in [4.78, 5) is 24.6. The molecular weight excluding hydrogens is 258 g/mol. The molecule has 1 heterocycles. The minimum atomic E-state index is -0.437. The lowest BCUT2D eigenvalue weighted by atomic mass is 10.1. The van der Waals surface area contributed by atoms with Crippen molar-refractivity contribution in [2.24, 2.45) is 11.5 Å². The quantitative estimate of drug-likeness (QED) is 0.846. The Hall–Kier alpha value is -2.08.